The third kappa shape index (κ3) is 3.82. The first-order chi connectivity index (χ1) is 13.4. The molecule has 0 atom stereocenters. The molecular weight excluding hydrogens is 424 g/mol. The van der Waals surface area contributed by atoms with Gasteiger partial charge in [0.2, 0.25) is 0 Å². The molecule has 1 aliphatic rings. The van der Waals surface area contributed by atoms with Gasteiger partial charge in [-0.2, -0.15) is 0 Å². The summed E-state index contributed by atoms with van der Waals surface area (Å²) >= 11 is 3.37. The maximum absolute atomic E-state index is 12.9. The van der Waals surface area contributed by atoms with Crippen molar-refractivity contribution >= 4 is 45.5 Å². The summed E-state index contributed by atoms with van der Waals surface area (Å²) in [4.78, 5) is 38.4. The zero-order valence-corrected chi connectivity index (χ0v) is 16.4. The second-order valence-electron chi connectivity index (χ2n) is 5.93. The highest BCUT2D eigenvalue weighted by Crippen LogP contribution is 2.28. The van der Waals surface area contributed by atoms with Crippen molar-refractivity contribution in [2.75, 3.05) is 11.5 Å². The maximum Gasteiger partial charge on any atom is 0.335 e. The second kappa shape index (κ2) is 8.11. The molecule has 3 rings (SSSR count). The molecule has 4 amide bonds. The van der Waals surface area contributed by atoms with Gasteiger partial charge in [0.1, 0.15) is 17.9 Å². The van der Waals surface area contributed by atoms with Crippen LogP contribution in [0.2, 0.25) is 0 Å². The van der Waals surface area contributed by atoms with Crippen molar-refractivity contribution in [3.63, 3.8) is 0 Å². The quantitative estimate of drug-likeness (QED) is 0.450. The van der Waals surface area contributed by atoms with E-state index in [2.05, 4.69) is 27.2 Å². The van der Waals surface area contributed by atoms with Crippen molar-refractivity contribution in [2.45, 2.75) is 6.92 Å². The Labute approximate surface area is 170 Å². The lowest BCUT2D eigenvalue weighted by Gasteiger charge is -2.27. The van der Waals surface area contributed by atoms with E-state index in [0.29, 0.717) is 21.5 Å². The van der Waals surface area contributed by atoms with Gasteiger partial charge in [-0.15, -0.1) is 6.42 Å². The number of aryl methyl sites for hydroxylation is 1. The van der Waals surface area contributed by atoms with E-state index in [-0.39, 0.29) is 12.2 Å². The van der Waals surface area contributed by atoms with E-state index in [1.165, 1.54) is 6.08 Å². The Morgan fingerprint density at radius 2 is 1.96 bits per heavy atom. The predicted octanol–water partition coefficient (Wildman–Crippen LogP) is 3.44. The second-order valence-corrected chi connectivity index (χ2v) is 6.78. The highest BCUT2D eigenvalue weighted by atomic mass is 79.9. The van der Waals surface area contributed by atoms with Crippen LogP contribution >= 0.6 is 15.9 Å². The Hall–Kier alpha value is -3.37. The lowest BCUT2D eigenvalue weighted by Crippen LogP contribution is -2.54. The minimum absolute atomic E-state index is 0.118. The fourth-order valence-corrected chi connectivity index (χ4v) is 3.21. The first kappa shape index (κ1) is 19.4. The first-order valence-electron chi connectivity index (χ1n) is 8.25. The number of anilines is 1. The zero-order chi connectivity index (χ0) is 20.3. The third-order valence-corrected chi connectivity index (χ3v) is 4.66. The molecular formula is C21H15BrN2O4. The van der Waals surface area contributed by atoms with Gasteiger partial charge in [-0.25, -0.2) is 9.69 Å². The number of benzene rings is 2. The van der Waals surface area contributed by atoms with Crippen LogP contribution in [-0.2, 0) is 9.59 Å². The summed E-state index contributed by atoms with van der Waals surface area (Å²) in [7, 11) is 0. The van der Waals surface area contributed by atoms with Gasteiger partial charge in [-0.1, -0.05) is 30.2 Å². The summed E-state index contributed by atoms with van der Waals surface area (Å²) in [6, 6.07) is 11.2. The van der Waals surface area contributed by atoms with E-state index in [4.69, 9.17) is 11.2 Å². The molecule has 0 spiro atoms. The Morgan fingerprint density at radius 1 is 1.21 bits per heavy atom. The number of imide groups is 2. The molecule has 1 aliphatic heterocycles. The van der Waals surface area contributed by atoms with E-state index in [9.17, 15) is 14.4 Å². The van der Waals surface area contributed by atoms with E-state index in [0.717, 1.165) is 10.5 Å². The number of nitrogens with one attached hydrogen (secondary N) is 1. The molecule has 7 heteroatoms. The van der Waals surface area contributed by atoms with E-state index in [1.54, 1.807) is 49.4 Å². The molecule has 1 saturated heterocycles. The van der Waals surface area contributed by atoms with Gasteiger partial charge in [0.05, 0.1) is 10.2 Å². The minimum atomic E-state index is -0.777. The average Bonchev–Trinajstić information content (AvgIpc) is 2.66. The molecule has 0 aromatic heterocycles. The first-order valence-corrected chi connectivity index (χ1v) is 9.04. The highest BCUT2D eigenvalue weighted by molar-refractivity contribution is 9.10. The smallest absolute Gasteiger partial charge is 0.335 e. The van der Waals surface area contributed by atoms with Crippen LogP contribution in [0, 0.1) is 19.3 Å². The SMILES string of the molecule is C#CCOc1ccc(/C=C2\C(=O)NC(=O)N(c3ccccc3C)C2=O)cc1Br. The molecule has 2 aromatic rings. The molecule has 0 unspecified atom stereocenters. The topological polar surface area (TPSA) is 75.7 Å². The van der Waals surface area contributed by atoms with E-state index >= 15 is 0 Å². The number of hydrogen-bond acceptors (Lipinski definition) is 4. The Balaban J connectivity index is 1.97. The van der Waals surface area contributed by atoms with Crippen LogP contribution in [-0.4, -0.2) is 24.5 Å². The van der Waals surface area contributed by atoms with E-state index in [1.807, 2.05) is 0 Å². The van der Waals surface area contributed by atoms with Crippen molar-refractivity contribution in [1.82, 2.24) is 5.32 Å². The van der Waals surface area contributed by atoms with E-state index < -0.39 is 17.8 Å². The summed E-state index contributed by atoms with van der Waals surface area (Å²) in [6.45, 7) is 1.90. The summed E-state index contributed by atoms with van der Waals surface area (Å²) in [6.07, 6.45) is 6.60. The number of nitrogens with zero attached hydrogens (tertiary/aromatic N) is 1. The monoisotopic (exact) mass is 438 g/mol. The summed E-state index contributed by atoms with van der Waals surface area (Å²) < 4.78 is 5.99. The van der Waals surface area contributed by atoms with Crippen LogP contribution in [0.15, 0.2) is 52.5 Å². The molecule has 1 heterocycles. The molecule has 0 bridgehead atoms. The molecule has 0 radical (unpaired) electrons. The van der Waals surface area contributed by atoms with Gasteiger partial charge >= 0.3 is 6.03 Å². The van der Waals surface area contributed by atoms with Gasteiger partial charge in [-0.3, -0.25) is 14.9 Å². The van der Waals surface area contributed by atoms with Gasteiger partial charge in [-0.05, 0) is 58.3 Å². The number of urea groups is 1. The summed E-state index contributed by atoms with van der Waals surface area (Å²) in [5, 5.41) is 2.21. The van der Waals surface area contributed by atoms with Crippen LogP contribution in [0.1, 0.15) is 11.1 Å². The number of rotatable bonds is 4. The number of hydrogen-bond donors (Lipinski definition) is 1. The fourth-order valence-electron chi connectivity index (χ4n) is 2.70. The number of ether oxygens (including phenoxy) is 1. The fraction of sp³-hybridized carbons (Fsp3) is 0.0952. The molecule has 0 aliphatic carbocycles. The third-order valence-electron chi connectivity index (χ3n) is 4.04. The number of halogens is 1. The molecule has 0 saturated carbocycles. The Kier molecular flexibility index (Phi) is 5.62. The van der Waals surface area contributed by atoms with Gasteiger partial charge in [0, 0.05) is 0 Å². The molecule has 28 heavy (non-hydrogen) atoms. The standard InChI is InChI=1S/C21H15BrN2O4/c1-3-10-28-18-9-8-14(12-16(18)22)11-15-19(25)23-21(27)24(20(15)26)17-7-5-4-6-13(17)2/h1,4-9,11-12H,10H2,2H3,(H,23,25,27)/b15-11+. The minimum Gasteiger partial charge on any atom is -0.480 e. The predicted molar refractivity (Wildman–Crippen MR) is 109 cm³/mol. The van der Waals surface area contributed by atoms with Crippen LogP contribution < -0.4 is 15.0 Å². The Morgan fingerprint density at radius 3 is 2.64 bits per heavy atom. The summed E-state index contributed by atoms with van der Waals surface area (Å²) in [5.41, 5.74) is 1.59. The molecule has 6 nitrogen and oxygen atoms in total. The van der Waals surface area contributed by atoms with Crippen LogP contribution in [0.5, 0.6) is 5.75 Å². The van der Waals surface area contributed by atoms with Gasteiger partial charge in [0.25, 0.3) is 11.8 Å². The number of amides is 4. The largest absolute Gasteiger partial charge is 0.480 e. The average molecular weight is 439 g/mol. The van der Waals surface area contributed by atoms with Crippen LogP contribution in [0.4, 0.5) is 10.5 Å². The normalized spacial score (nSPS) is 15.4. The van der Waals surface area contributed by atoms with Crippen LogP contribution in [0.25, 0.3) is 6.08 Å². The number of para-hydroxylation sites is 1. The summed E-state index contributed by atoms with van der Waals surface area (Å²) in [5.74, 6) is 1.48. The molecule has 140 valence electrons. The van der Waals surface area contributed by atoms with Crippen molar-refractivity contribution in [3.05, 3.63) is 63.6 Å². The van der Waals surface area contributed by atoms with Crippen molar-refractivity contribution in [1.29, 1.82) is 0 Å². The zero-order valence-electron chi connectivity index (χ0n) is 14.9. The lowest BCUT2D eigenvalue weighted by atomic mass is 10.1. The number of carbonyl (C=O) groups is 3. The number of terminal acetylenes is 1. The lowest BCUT2D eigenvalue weighted by molar-refractivity contribution is -0.122. The van der Waals surface area contributed by atoms with Gasteiger partial charge < -0.3 is 4.74 Å². The molecule has 2 aromatic carbocycles. The van der Waals surface area contributed by atoms with Crippen molar-refractivity contribution in [2.24, 2.45) is 0 Å². The number of carbonyl (C=O) groups excluding carboxylic acids is 3. The molecule has 1 N–H and O–H groups in total. The van der Waals surface area contributed by atoms with Crippen molar-refractivity contribution < 1.29 is 19.1 Å². The van der Waals surface area contributed by atoms with Crippen molar-refractivity contribution in [3.8, 4) is 18.1 Å². The maximum atomic E-state index is 12.9. The van der Waals surface area contributed by atoms with Crippen LogP contribution in [0.3, 0.4) is 0 Å². The van der Waals surface area contributed by atoms with Gasteiger partial charge in [0.15, 0.2) is 0 Å². The number of barbiturate groups is 1. The Bertz CT molecular complexity index is 1050. The highest BCUT2D eigenvalue weighted by Gasteiger charge is 2.37. The molecule has 1 fully saturated rings.